The Kier molecular flexibility index (Phi) is 7.31. The first-order valence-corrected chi connectivity index (χ1v) is 10.7. The third-order valence-corrected chi connectivity index (χ3v) is 5.82. The first kappa shape index (κ1) is 22.8. The standard InChI is InChI=1S/C19H18ClFN6O2S2/c1-3-8-27-16(25-26-19(27)30)15-10(2)23-18(31-15)24-14(28)6-7-22-17(29)12-5-4-11(21)9-13(12)20/h3-5,9H,1,6-8H2,2H3,(H,22,29)(H,26,30)(H,23,24,28). The second-order valence-corrected chi connectivity index (χ2v) is 8.16. The quantitative estimate of drug-likeness (QED) is 0.332. The normalized spacial score (nSPS) is 10.7. The van der Waals surface area contributed by atoms with Gasteiger partial charge < -0.3 is 10.6 Å². The van der Waals surface area contributed by atoms with Gasteiger partial charge in [0.1, 0.15) is 5.82 Å². The molecule has 2 aromatic heterocycles. The summed E-state index contributed by atoms with van der Waals surface area (Å²) in [7, 11) is 0. The highest BCUT2D eigenvalue weighted by atomic mass is 35.5. The first-order valence-electron chi connectivity index (χ1n) is 9.07. The van der Waals surface area contributed by atoms with Gasteiger partial charge in [-0.15, -0.1) is 6.58 Å². The Hall–Kier alpha value is -2.89. The van der Waals surface area contributed by atoms with Crippen molar-refractivity contribution in [1.29, 1.82) is 0 Å². The second kappa shape index (κ2) is 9.94. The summed E-state index contributed by atoms with van der Waals surface area (Å²) in [6, 6.07) is 3.48. The molecule has 1 aromatic carbocycles. The number of carbonyl (C=O) groups excluding carboxylic acids is 2. The summed E-state index contributed by atoms with van der Waals surface area (Å²) in [5.74, 6) is -0.734. The zero-order valence-corrected chi connectivity index (χ0v) is 18.8. The molecule has 0 aliphatic carbocycles. The molecular weight excluding hydrogens is 463 g/mol. The van der Waals surface area contributed by atoms with Crippen molar-refractivity contribution < 1.29 is 14.0 Å². The summed E-state index contributed by atoms with van der Waals surface area (Å²) in [5.41, 5.74) is 0.829. The minimum absolute atomic E-state index is 0.00189. The third kappa shape index (κ3) is 5.43. The lowest BCUT2D eigenvalue weighted by Gasteiger charge is -2.06. The molecule has 0 bridgehead atoms. The van der Waals surface area contributed by atoms with Crippen molar-refractivity contribution in [2.45, 2.75) is 19.9 Å². The molecule has 2 heterocycles. The number of aryl methyl sites for hydroxylation is 1. The van der Waals surface area contributed by atoms with Crippen LogP contribution in [0.3, 0.4) is 0 Å². The molecule has 0 saturated carbocycles. The summed E-state index contributed by atoms with van der Waals surface area (Å²) >= 11 is 12.4. The van der Waals surface area contributed by atoms with Crippen molar-refractivity contribution in [3.05, 3.63) is 57.7 Å². The lowest BCUT2D eigenvalue weighted by atomic mass is 10.2. The minimum atomic E-state index is -0.534. The van der Waals surface area contributed by atoms with Gasteiger partial charge in [0.05, 0.1) is 21.2 Å². The molecule has 3 aromatic rings. The Morgan fingerprint density at radius 2 is 2.23 bits per heavy atom. The molecule has 0 aliphatic rings. The van der Waals surface area contributed by atoms with Crippen LogP contribution < -0.4 is 10.6 Å². The van der Waals surface area contributed by atoms with Gasteiger partial charge in [0.25, 0.3) is 5.91 Å². The number of benzene rings is 1. The highest BCUT2D eigenvalue weighted by Crippen LogP contribution is 2.31. The molecule has 12 heteroatoms. The van der Waals surface area contributed by atoms with Gasteiger partial charge in [0, 0.05) is 19.5 Å². The third-order valence-electron chi connectivity index (χ3n) is 4.13. The number of anilines is 1. The molecule has 2 amide bonds. The Morgan fingerprint density at radius 1 is 1.45 bits per heavy atom. The number of H-pyrrole nitrogens is 1. The van der Waals surface area contributed by atoms with Crippen LogP contribution in [0.15, 0.2) is 30.9 Å². The van der Waals surface area contributed by atoms with Crippen LogP contribution in [-0.2, 0) is 11.3 Å². The number of carbonyl (C=O) groups is 2. The number of amides is 2. The highest BCUT2D eigenvalue weighted by Gasteiger charge is 2.17. The number of halogens is 2. The van der Waals surface area contributed by atoms with Crippen molar-refractivity contribution in [2.24, 2.45) is 0 Å². The molecule has 3 N–H and O–H groups in total. The van der Waals surface area contributed by atoms with Gasteiger partial charge in [0.2, 0.25) is 5.91 Å². The number of aromatic amines is 1. The monoisotopic (exact) mass is 480 g/mol. The lowest BCUT2D eigenvalue weighted by molar-refractivity contribution is -0.116. The Balaban J connectivity index is 1.59. The predicted molar refractivity (Wildman–Crippen MR) is 120 cm³/mol. The van der Waals surface area contributed by atoms with E-state index >= 15 is 0 Å². The fraction of sp³-hybridized carbons (Fsp3) is 0.211. The van der Waals surface area contributed by atoms with Crippen LogP contribution in [0.5, 0.6) is 0 Å². The zero-order valence-electron chi connectivity index (χ0n) is 16.4. The zero-order chi connectivity index (χ0) is 22.5. The van der Waals surface area contributed by atoms with Gasteiger partial charge in [-0.05, 0) is 37.3 Å². The molecule has 3 rings (SSSR count). The number of hydrogen-bond acceptors (Lipinski definition) is 6. The fourth-order valence-electron chi connectivity index (χ4n) is 2.69. The molecule has 0 spiro atoms. The van der Waals surface area contributed by atoms with E-state index in [9.17, 15) is 14.0 Å². The van der Waals surface area contributed by atoms with Crippen LogP contribution in [0, 0.1) is 17.5 Å². The SMILES string of the molecule is C=CCn1c(-c2sc(NC(=O)CCNC(=O)c3ccc(F)cc3Cl)nc2C)n[nH]c1=S. The van der Waals surface area contributed by atoms with Crippen LogP contribution in [0.2, 0.25) is 5.02 Å². The van der Waals surface area contributed by atoms with Crippen LogP contribution in [0.1, 0.15) is 22.5 Å². The number of allylic oxidation sites excluding steroid dienone is 1. The Morgan fingerprint density at radius 3 is 2.94 bits per heavy atom. The molecule has 0 atom stereocenters. The van der Waals surface area contributed by atoms with Crippen molar-refractivity contribution in [1.82, 2.24) is 25.1 Å². The van der Waals surface area contributed by atoms with E-state index in [-0.39, 0.29) is 29.5 Å². The summed E-state index contributed by atoms with van der Waals surface area (Å²) in [6.07, 6.45) is 1.73. The molecule has 162 valence electrons. The maximum absolute atomic E-state index is 13.1. The summed E-state index contributed by atoms with van der Waals surface area (Å²) in [4.78, 5) is 29.5. The molecular formula is C19H18ClFN6O2S2. The number of hydrogen-bond donors (Lipinski definition) is 3. The van der Waals surface area contributed by atoms with Crippen LogP contribution in [0.4, 0.5) is 9.52 Å². The lowest BCUT2D eigenvalue weighted by Crippen LogP contribution is -2.27. The first-order chi connectivity index (χ1) is 14.8. The smallest absolute Gasteiger partial charge is 0.252 e. The molecule has 31 heavy (non-hydrogen) atoms. The largest absolute Gasteiger partial charge is 0.351 e. The van der Waals surface area contributed by atoms with Gasteiger partial charge in [-0.2, -0.15) is 5.10 Å². The predicted octanol–water partition coefficient (Wildman–Crippen LogP) is 4.11. The van der Waals surface area contributed by atoms with Gasteiger partial charge in [-0.3, -0.25) is 19.3 Å². The van der Waals surface area contributed by atoms with Crippen LogP contribution in [-0.4, -0.2) is 38.1 Å². The molecule has 0 saturated heterocycles. The number of nitrogens with zero attached hydrogens (tertiary/aromatic N) is 3. The Bertz CT molecular complexity index is 1200. The summed E-state index contributed by atoms with van der Waals surface area (Å²) in [5, 5.41) is 12.7. The average Bonchev–Trinajstić information content (AvgIpc) is 3.24. The molecule has 0 aliphatic heterocycles. The molecule has 0 fully saturated rings. The number of rotatable bonds is 8. The van der Waals surface area contributed by atoms with Crippen molar-refractivity contribution >= 4 is 52.1 Å². The van der Waals surface area contributed by atoms with E-state index in [4.69, 9.17) is 23.8 Å². The number of nitrogens with one attached hydrogen (secondary N) is 3. The molecule has 0 radical (unpaired) electrons. The second-order valence-electron chi connectivity index (χ2n) is 6.36. The highest BCUT2D eigenvalue weighted by molar-refractivity contribution is 7.71. The van der Waals surface area contributed by atoms with E-state index in [1.54, 1.807) is 10.6 Å². The van der Waals surface area contributed by atoms with Crippen molar-refractivity contribution in [3.8, 4) is 10.7 Å². The minimum Gasteiger partial charge on any atom is -0.351 e. The topological polar surface area (TPSA) is 105 Å². The van der Waals surface area contributed by atoms with E-state index < -0.39 is 11.7 Å². The average molecular weight is 481 g/mol. The maximum Gasteiger partial charge on any atom is 0.252 e. The van der Waals surface area contributed by atoms with E-state index in [0.717, 1.165) is 17.0 Å². The van der Waals surface area contributed by atoms with Gasteiger partial charge in [0.15, 0.2) is 15.7 Å². The Labute approximate surface area is 191 Å². The van der Waals surface area contributed by atoms with Gasteiger partial charge in [-0.1, -0.05) is 29.0 Å². The van der Waals surface area contributed by atoms with Gasteiger partial charge in [-0.25, -0.2) is 9.37 Å². The van der Waals surface area contributed by atoms with E-state index in [2.05, 4.69) is 32.4 Å². The summed E-state index contributed by atoms with van der Waals surface area (Å²) in [6.45, 7) is 6.09. The fourth-order valence-corrected chi connectivity index (χ4v) is 4.13. The van der Waals surface area contributed by atoms with E-state index in [1.807, 2.05) is 6.92 Å². The molecule has 8 nitrogen and oxygen atoms in total. The molecule has 0 unspecified atom stereocenters. The van der Waals surface area contributed by atoms with Crippen molar-refractivity contribution in [3.63, 3.8) is 0 Å². The van der Waals surface area contributed by atoms with Crippen LogP contribution in [0.25, 0.3) is 10.7 Å². The van der Waals surface area contributed by atoms with Crippen molar-refractivity contribution in [2.75, 3.05) is 11.9 Å². The summed E-state index contributed by atoms with van der Waals surface area (Å²) < 4.78 is 15.3. The maximum atomic E-state index is 13.1. The van der Waals surface area contributed by atoms with Gasteiger partial charge >= 0.3 is 0 Å². The van der Waals surface area contributed by atoms with E-state index in [0.29, 0.717) is 28.0 Å². The number of aromatic nitrogens is 4. The van der Waals surface area contributed by atoms with Crippen LogP contribution >= 0.6 is 35.2 Å². The number of thiazole rings is 1. The van der Waals surface area contributed by atoms with E-state index in [1.165, 1.54) is 17.4 Å².